The number of nitriles is 1. The molecule has 0 bridgehead atoms. The van der Waals surface area contributed by atoms with E-state index in [1.54, 1.807) is 25.1 Å². The molecule has 78 valence electrons. The molecule has 0 heterocycles. The van der Waals surface area contributed by atoms with Gasteiger partial charge in [0.05, 0.1) is 11.1 Å². The molecule has 0 fully saturated rings. The lowest BCUT2D eigenvalue weighted by Crippen LogP contribution is -2.11. The number of hydrogen-bond donors (Lipinski definition) is 0. The van der Waals surface area contributed by atoms with Gasteiger partial charge in [-0.2, -0.15) is 5.26 Å². The fourth-order valence-corrected chi connectivity index (χ4v) is 1.75. The SMILES string of the molecule is CC(CC#N)C(=O)c1cc(Br)ccc1Cl. The first kappa shape index (κ1) is 12.2. The smallest absolute Gasteiger partial charge is 0.168 e. The molecule has 0 radical (unpaired) electrons. The van der Waals surface area contributed by atoms with Gasteiger partial charge in [-0.3, -0.25) is 4.79 Å². The highest BCUT2D eigenvalue weighted by Crippen LogP contribution is 2.24. The van der Waals surface area contributed by atoms with Crippen molar-refractivity contribution < 1.29 is 4.79 Å². The molecule has 2 nitrogen and oxygen atoms in total. The van der Waals surface area contributed by atoms with Gasteiger partial charge in [0, 0.05) is 22.4 Å². The van der Waals surface area contributed by atoms with E-state index in [9.17, 15) is 4.79 Å². The summed E-state index contributed by atoms with van der Waals surface area (Å²) >= 11 is 9.19. The summed E-state index contributed by atoms with van der Waals surface area (Å²) in [5, 5.41) is 8.94. The highest BCUT2D eigenvalue weighted by molar-refractivity contribution is 9.10. The summed E-state index contributed by atoms with van der Waals surface area (Å²) < 4.78 is 0.805. The van der Waals surface area contributed by atoms with Crippen LogP contribution in [0.15, 0.2) is 22.7 Å². The van der Waals surface area contributed by atoms with Crippen molar-refractivity contribution in [2.45, 2.75) is 13.3 Å². The molecule has 4 heteroatoms. The molecule has 0 aliphatic carbocycles. The normalized spacial score (nSPS) is 11.9. The van der Waals surface area contributed by atoms with Crippen LogP contribution < -0.4 is 0 Å². The van der Waals surface area contributed by atoms with Crippen molar-refractivity contribution >= 4 is 33.3 Å². The van der Waals surface area contributed by atoms with Gasteiger partial charge in [-0.15, -0.1) is 0 Å². The molecule has 0 aromatic heterocycles. The molecule has 1 unspecified atom stereocenters. The molecule has 1 aromatic carbocycles. The van der Waals surface area contributed by atoms with Gasteiger partial charge < -0.3 is 0 Å². The van der Waals surface area contributed by atoms with Gasteiger partial charge in [0.15, 0.2) is 5.78 Å². The second kappa shape index (κ2) is 5.29. The number of benzene rings is 1. The first-order chi connectivity index (χ1) is 7.06. The van der Waals surface area contributed by atoms with Crippen LogP contribution in [0, 0.1) is 17.2 Å². The third kappa shape index (κ3) is 3.05. The molecular weight excluding hydrogens is 277 g/mol. The van der Waals surface area contributed by atoms with E-state index in [0.717, 1.165) is 4.47 Å². The lowest BCUT2D eigenvalue weighted by atomic mass is 9.97. The number of ketones is 1. The number of rotatable bonds is 3. The van der Waals surface area contributed by atoms with Crippen LogP contribution in [-0.2, 0) is 0 Å². The van der Waals surface area contributed by atoms with Crippen molar-refractivity contribution in [1.29, 1.82) is 5.26 Å². The number of Topliss-reactive ketones (excluding diaryl/α,β-unsaturated/α-hetero) is 1. The van der Waals surface area contributed by atoms with E-state index in [4.69, 9.17) is 16.9 Å². The molecule has 0 amide bonds. The third-order valence-corrected chi connectivity index (χ3v) is 2.86. The number of halogens is 2. The first-order valence-electron chi connectivity index (χ1n) is 4.42. The van der Waals surface area contributed by atoms with Crippen molar-refractivity contribution in [3.63, 3.8) is 0 Å². The molecule has 0 aliphatic rings. The monoisotopic (exact) mass is 285 g/mol. The Morgan fingerprint density at radius 2 is 2.33 bits per heavy atom. The van der Waals surface area contributed by atoms with E-state index in [1.807, 2.05) is 6.07 Å². The lowest BCUT2D eigenvalue weighted by molar-refractivity contribution is 0.0932. The Morgan fingerprint density at radius 1 is 1.67 bits per heavy atom. The Balaban J connectivity index is 3.01. The molecule has 0 saturated heterocycles. The summed E-state index contributed by atoms with van der Waals surface area (Å²) in [6, 6.07) is 7.09. The zero-order chi connectivity index (χ0) is 11.4. The number of nitrogens with zero attached hydrogens (tertiary/aromatic N) is 1. The van der Waals surface area contributed by atoms with E-state index < -0.39 is 0 Å². The van der Waals surface area contributed by atoms with Gasteiger partial charge in [0.2, 0.25) is 0 Å². The van der Waals surface area contributed by atoms with Gasteiger partial charge >= 0.3 is 0 Å². The lowest BCUT2D eigenvalue weighted by Gasteiger charge is -2.08. The van der Waals surface area contributed by atoms with E-state index in [-0.39, 0.29) is 18.1 Å². The zero-order valence-corrected chi connectivity index (χ0v) is 10.5. The van der Waals surface area contributed by atoms with Gasteiger partial charge in [-0.25, -0.2) is 0 Å². The van der Waals surface area contributed by atoms with Gasteiger partial charge in [-0.05, 0) is 18.2 Å². The molecular formula is C11H9BrClNO. The fraction of sp³-hybridized carbons (Fsp3) is 0.273. The van der Waals surface area contributed by atoms with Crippen LogP contribution in [0.1, 0.15) is 23.7 Å². The molecule has 0 N–H and O–H groups in total. The van der Waals surface area contributed by atoms with Crippen LogP contribution in [0.2, 0.25) is 5.02 Å². The maximum Gasteiger partial charge on any atom is 0.168 e. The summed E-state index contributed by atoms with van der Waals surface area (Å²) in [4.78, 5) is 11.9. The molecule has 0 saturated carbocycles. The Kier molecular flexibility index (Phi) is 4.31. The molecule has 1 aromatic rings. The summed E-state index contributed by atoms with van der Waals surface area (Å²) in [6.45, 7) is 1.72. The van der Waals surface area contributed by atoms with E-state index in [2.05, 4.69) is 15.9 Å². The number of carbonyl (C=O) groups is 1. The van der Waals surface area contributed by atoms with Crippen LogP contribution in [-0.4, -0.2) is 5.78 Å². The highest BCUT2D eigenvalue weighted by Gasteiger charge is 2.17. The first-order valence-corrected chi connectivity index (χ1v) is 5.59. The van der Waals surface area contributed by atoms with Gasteiger partial charge in [0.25, 0.3) is 0 Å². The maximum absolute atomic E-state index is 11.9. The Morgan fingerprint density at radius 3 is 2.93 bits per heavy atom. The molecule has 15 heavy (non-hydrogen) atoms. The minimum atomic E-state index is -0.318. The zero-order valence-electron chi connectivity index (χ0n) is 8.13. The summed E-state index contributed by atoms with van der Waals surface area (Å²) in [5.74, 6) is -0.412. The van der Waals surface area contributed by atoms with Crippen LogP contribution in [0.4, 0.5) is 0 Å². The van der Waals surface area contributed by atoms with Crippen LogP contribution in [0.3, 0.4) is 0 Å². The van der Waals surface area contributed by atoms with Crippen molar-refractivity contribution in [1.82, 2.24) is 0 Å². The Hall–Kier alpha value is -0.850. The van der Waals surface area contributed by atoms with Gasteiger partial charge in [0.1, 0.15) is 0 Å². The molecule has 1 atom stereocenters. The molecule has 0 aliphatic heterocycles. The Labute approximate surface area is 102 Å². The summed E-state index contributed by atoms with van der Waals surface area (Å²) in [5.41, 5.74) is 0.466. The topological polar surface area (TPSA) is 40.9 Å². The van der Waals surface area contributed by atoms with Crippen molar-refractivity contribution in [3.05, 3.63) is 33.3 Å². The third-order valence-electron chi connectivity index (χ3n) is 2.04. The van der Waals surface area contributed by atoms with Crippen molar-refractivity contribution in [3.8, 4) is 6.07 Å². The molecule has 0 spiro atoms. The van der Waals surface area contributed by atoms with E-state index in [0.29, 0.717) is 10.6 Å². The highest BCUT2D eigenvalue weighted by atomic mass is 79.9. The maximum atomic E-state index is 11.9. The van der Waals surface area contributed by atoms with Crippen molar-refractivity contribution in [2.24, 2.45) is 5.92 Å². The predicted octanol–water partition coefficient (Wildman–Crippen LogP) is 3.83. The van der Waals surface area contributed by atoms with Crippen LogP contribution in [0.25, 0.3) is 0 Å². The quantitative estimate of drug-likeness (QED) is 0.792. The Bertz CT molecular complexity index is 425. The number of carbonyl (C=O) groups excluding carboxylic acids is 1. The fourth-order valence-electron chi connectivity index (χ4n) is 1.18. The second-order valence-electron chi connectivity index (χ2n) is 3.25. The largest absolute Gasteiger partial charge is 0.294 e. The minimum Gasteiger partial charge on any atom is -0.294 e. The average Bonchev–Trinajstić information content (AvgIpc) is 2.21. The summed E-state index contributed by atoms with van der Waals surface area (Å²) in [6.07, 6.45) is 0.210. The van der Waals surface area contributed by atoms with Crippen LogP contribution in [0.5, 0.6) is 0 Å². The standard InChI is InChI=1S/C11H9BrClNO/c1-7(4-5-14)11(15)9-6-8(12)2-3-10(9)13/h2-3,6-7H,4H2,1H3. The predicted molar refractivity (Wildman–Crippen MR) is 62.9 cm³/mol. The average molecular weight is 287 g/mol. The minimum absolute atomic E-state index is 0.0946. The summed E-state index contributed by atoms with van der Waals surface area (Å²) in [7, 11) is 0. The van der Waals surface area contributed by atoms with E-state index in [1.165, 1.54) is 0 Å². The molecule has 1 rings (SSSR count). The van der Waals surface area contributed by atoms with Gasteiger partial charge in [-0.1, -0.05) is 34.5 Å². The van der Waals surface area contributed by atoms with E-state index >= 15 is 0 Å². The van der Waals surface area contributed by atoms with Crippen LogP contribution >= 0.6 is 27.5 Å². The number of hydrogen-bond acceptors (Lipinski definition) is 2. The second-order valence-corrected chi connectivity index (χ2v) is 4.57. The van der Waals surface area contributed by atoms with Crippen molar-refractivity contribution in [2.75, 3.05) is 0 Å².